The van der Waals surface area contributed by atoms with E-state index < -0.39 is 5.60 Å². The topological polar surface area (TPSA) is 46.5 Å². The lowest BCUT2D eigenvalue weighted by Gasteiger charge is -2.53. The summed E-state index contributed by atoms with van der Waals surface area (Å²) in [5.41, 5.74) is -0.863. The van der Waals surface area contributed by atoms with Crippen LogP contribution in [0.4, 0.5) is 0 Å². The van der Waals surface area contributed by atoms with E-state index in [4.69, 9.17) is 4.74 Å². The normalized spacial score (nSPS) is 45.1. The van der Waals surface area contributed by atoms with Crippen molar-refractivity contribution in [3.63, 3.8) is 0 Å². The summed E-state index contributed by atoms with van der Waals surface area (Å²) in [4.78, 5) is 13.4. The number of fused-ring (bicyclic) bond motifs is 3. The van der Waals surface area contributed by atoms with Gasteiger partial charge in [0.2, 0.25) is 0 Å². The molecule has 0 aromatic carbocycles. The van der Waals surface area contributed by atoms with Gasteiger partial charge in [0.15, 0.2) is 0 Å². The molecule has 3 nitrogen and oxygen atoms in total. The van der Waals surface area contributed by atoms with Crippen molar-refractivity contribution in [2.75, 3.05) is 6.61 Å². The Labute approximate surface area is 159 Å². The van der Waals surface area contributed by atoms with Gasteiger partial charge in [0.05, 0.1) is 17.6 Å². The van der Waals surface area contributed by atoms with Crippen LogP contribution in [0.1, 0.15) is 79.6 Å². The highest BCUT2D eigenvalue weighted by atomic mass is 16.5. The second kappa shape index (κ2) is 6.96. The van der Waals surface area contributed by atoms with Gasteiger partial charge < -0.3 is 9.84 Å². The molecule has 0 radical (unpaired) electrons. The molecule has 3 rings (SSSR count). The van der Waals surface area contributed by atoms with Crippen molar-refractivity contribution in [1.29, 1.82) is 0 Å². The zero-order chi connectivity index (χ0) is 19.2. The van der Waals surface area contributed by atoms with Crippen molar-refractivity contribution in [3.05, 3.63) is 12.2 Å². The van der Waals surface area contributed by atoms with Crippen LogP contribution in [0, 0.1) is 34.5 Å². The van der Waals surface area contributed by atoms with E-state index in [1.54, 1.807) is 0 Å². The molecule has 148 valence electrons. The fraction of sp³-hybridized carbons (Fsp3) is 0.870. The van der Waals surface area contributed by atoms with Crippen molar-refractivity contribution in [2.45, 2.75) is 85.2 Å². The number of carbonyl (C=O) groups is 1. The lowest BCUT2D eigenvalue weighted by molar-refractivity contribution is -0.172. The standard InChI is InChI=1S/C23H38O3/c1-6-15-26-20(24)23-14-12-21(4)11-13-22(5,25)10-9-18(21)19(23)8-7-17(23)16(2)3/h9-10,16-19,25H,6-8,11-15H2,1-5H3/t17-,18+,19+,21-,22+,23+/m1/s1. The molecule has 1 N–H and O–H groups in total. The van der Waals surface area contributed by atoms with Gasteiger partial charge >= 0.3 is 5.97 Å². The van der Waals surface area contributed by atoms with Crippen LogP contribution in [0.5, 0.6) is 0 Å². The summed E-state index contributed by atoms with van der Waals surface area (Å²) < 4.78 is 5.79. The van der Waals surface area contributed by atoms with Crippen LogP contribution >= 0.6 is 0 Å². The van der Waals surface area contributed by atoms with Gasteiger partial charge in [0.25, 0.3) is 0 Å². The minimum atomic E-state index is -0.720. The van der Waals surface area contributed by atoms with Gasteiger partial charge in [-0.2, -0.15) is 0 Å². The van der Waals surface area contributed by atoms with Crippen molar-refractivity contribution in [2.24, 2.45) is 34.5 Å². The number of esters is 1. The van der Waals surface area contributed by atoms with E-state index in [-0.39, 0.29) is 16.8 Å². The van der Waals surface area contributed by atoms with Crippen molar-refractivity contribution in [1.82, 2.24) is 0 Å². The first-order valence-electron chi connectivity index (χ1n) is 10.8. The van der Waals surface area contributed by atoms with Crippen LogP contribution in [0.3, 0.4) is 0 Å². The van der Waals surface area contributed by atoms with Gasteiger partial charge in [-0.3, -0.25) is 4.79 Å². The van der Waals surface area contributed by atoms with Crippen LogP contribution in [-0.2, 0) is 9.53 Å². The summed E-state index contributed by atoms with van der Waals surface area (Å²) >= 11 is 0. The molecule has 0 aromatic rings. The fourth-order valence-corrected chi connectivity index (χ4v) is 6.42. The van der Waals surface area contributed by atoms with E-state index in [2.05, 4.69) is 33.8 Å². The number of allylic oxidation sites excluding steroid dienone is 1. The van der Waals surface area contributed by atoms with Crippen molar-refractivity contribution in [3.8, 4) is 0 Å². The molecule has 0 unspecified atom stereocenters. The monoisotopic (exact) mass is 362 g/mol. The van der Waals surface area contributed by atoms with E-state index in [9.17, 15) is 9.90 Å². The maximum absolute atomic E-state index is 13.4. The van der Waals surface area contributed by atoms with Gasteiger partial charge in [-0.15, -0.1) is 0 Å². The molecule has 0 saturated heterocycles. The predicted molar refractivity (Wildman–Crippen MR) is 105 cm³/mol. The molecular weight excluding hydrogens is 324 g/mol. The molecule has 3 aliphatic rings. The molecule has 3 heteroatoms. The van der Waals surface area contributed by atoms with E-state index in [1.165, 1.54) is 0 Å². The first kappa shape index (κ1) is 19.9. The van der Waals surface area contributed by atoms with Crippen LogP contribution in [-0.4, -0.2) is 23.3 Å². The van der Waals surface area contributed by atoms with Gasteiger partial charge in [0.1, 0.15) is 0 Å². The lowest BCUT2D eigenvalue weighted by Crippen LogP contribution is -2.52. The minimum absolute atomic E-state index is 0.0620. The Balaban J connectivity index is 2.00. The smallest absolute Gasteiger partial charge is 0.312 e. The summed E-state index contributed by atoms with van der Waals surface area (Å²) in [5, 5.41) is 10.6. The summed E-state index contributed by atoms with van der Waals surface area (Å²) in [5.74, 6) is 1.69. The first-order chi connectivity index (χ1) is 12.2. The minimum Gasteiger partial charge on any atom is -0.465 e. The van der Waals surface area contributed by atoms with Gasteiger partial charge in [0, 0.05) is 0 Å². The average molecular weight is 363 g/mol. The van der Waals surface area contributed by atoms with E-state index in [1.807, 2.05) is 13.0 Å². The Kier molecular flexibility index (Phi) is 5.33. The summed E-state index contributed by atoms with van der Waals surface area (Å²) in [6.45, 7) is 11.4. The van der Waals surface area contributed by atoms with Gasteiger partial charge in [-0.25, -0.2) is 0 Å². The Morgan fingerprint density at radius 2 is 1.88 bits per heavy atom. The zero-order valence-corrected chi connectivity index (χ0v) is 17.4. The first-order valence-corrected chi connectivity index (χ1v) is 10.8. The van der Waals surface area contributed by atoms with E-state index in [0.29, 0.717) is 30.3 Å². The Hall–Kier alpha value is -0.830. The third kappa shape index (κ3) is 3.15. The number of aliphatic hydroxyl groups is 1. The van der Waals surface area contributed by atoms with Gasteiger partial charge in [-0.05, 0) is 81.0 Å². The summed E-state index contributed by atoms with van der Waals surface area (Å²) in [7, 11) is 0. The molecule has 0 aliphatic heterocycles. The molecule has 0 aromatic heterocycles. The molecule has 6 atom stereocenters. The predicted octanol–water partition coefficient (Wildman–Crippen LogP) is 5.13. The van der Waals surface area contributed by atoms with Crippen molar-refractivity contribution < 1.29 is 14.6 Å². The largest absolute Gasteiger partial charge is 0.465 e. The molecule has 0 spiro atoms. The highest BCUT2D eigenvalue weighted by Crippen LogP contribution is 2.66. The summed E-state index contributed by atoms with van der Waals surface area (Å²) in [6.07, 6.45) is 11.2. The highest BCUT2D eigenvalue weighted by molar-refractivity contribution is 5.78. The number of hydrogen-bond acceptors (Lipinski definition) is 3. The van der Waals surface area contributed by atoms with E-state index >= 15 is 0 Å². The highest BCUT2D eigenvalue weighted by Gasteiger charge is 2.64. The van der Waals surface area contributed by atoms with Crippen LogP contribution in [0.15, 0.2) is 12.2 Å². The maximum Gasteiger partial charge on any atom is 0.312 e. The van der Waals surface area contributed by atoms with Crippen molar-refractivity contribution >= 4 is 5.97 Å². The SMILES string of the molecule is CCCOC(=O)[C@]12CC[C@@]3(C)CC[C@@](C)(O)C=C[C@H]3[C@@H]1CC[C@@H]2C(C)C. The number of ether oxygens (including phenoxy) is 1. The second-order valence-corrected chi connectivity index (χ2v) is 10.1. The Morgan fingerprint density at radius 1 is 1.19 bits per heavy atom. The fourth-order valence-electron chi connectivity index (χ4n) is 6.42. The molecule has 2 saturated carbocycles. The zero-order valence-electron chi connectivity index (χ0n) is 17.4. The lowest BCUT2D eigenvalue weighted by atomic mass is 9.50. The molecule has 3 aliphatic carbocycles. The van der Waals surface area contributed by atoms with Crippen LogP contribution in [0.2, 0.25) is 0 Å². The molecular formula is C23H38O3. The molecule has 2 fully saturated rings. The molecule has 0 heterocycles. The number of hydrogen-bond donors (Lipinski definition) is 1. The third-order valence-electron chi connectivity index (χ3n) is 7.95. The molecule has 0 bridgehead atoms. The van der Waals surface area contributed by atoms with E-state index in [0.717, 1.165) is 44.9 Å². The average Bonchev–Trinajstić information content (AvgIpc) is 2.92. The molecule has 26 heavy (non-hydrogen) atoms. The number of rotatable bonds is 4. The van der Waals surface area contributed by atoms with Crippen LogP contribution in [0.25, 0.3) is 0 Å². The Bertz CT molecular complexity index is 564. The van der Waals surface area contributed by atoms with Gasteiger partial charge in [-0.1, -0.05) is 39.8 Å². The molecule has 0 amide bonds. The maximum atomic E-state index is 13.4. The Morgan fingerprint density at radius 3 is 2.54 bits per heavy atom. The second-order valence-electron chi connectivity index (χ2n) is 10.1. The number of carbonyl (C=O) groups excluding carboxylic acids is 1. The third-order valence-corrected chi connectivity index (χ3v) is 7.95. The summed E-state index contributed by atoms with van der Waals surface area (Å²) in [6, 6.07) is 0. The quantitative estimate of drug-likeness (QED) is 0.557. The van der Waals surface area contributed by atoms with Crippen LogP contribution < -0.4 is 0 Å².